The van der Waals surface area contributed by atoms with Crippen LogP contribution in [0.4, 0.5) is 0 Å². The van der Waals surface area contributed by atoms with E-state index in [1.807, 2.05) is 97.2 Å². The molecular weight excluding hydrogens is 444 g/mol. The number of hydrogen-bond donors (Lipinski definition) is 0. The molecule has 0 fully saturated rings. The minimum atomic E-state index is 0.782. The zero-order valence-electron chi connectivity index (χ0n) is 19.1. The summed E-state index contributed by atoms with van der Waals surface area (Å²) in [7, 11) is 0. The van der Waals surface area contributed by atoms with Gasteiger partial charge in [-0.3, -0.25) is 9.97 Å². The number of hydrogen-bond acceptors (Lipinski definition) is 6. The van der Waals surface area contributed by atoms with Crippen LogP contribution >= 0.6 is 0 Å². The lowest BCUT2D eigenvalue weighted by Gasteiger charge is -2.08. The van der Waals surface area contributed by atoms with Crippen LogP contribution in [0, 0.1) is 0 Å². The molecule has 0 unspecified atom stereocenters. The number of nitrogens with zero attached hydrogens (tertiary/aromatic N) is 6. The highest BCUT2D eigenvalue weighted by atomic mass is 14.9. The van der Waals surface area contributed by atoms with Gasteiger partial charge >= 0.3 is 0 Å². The zero-order valence-corrected chi connectivity index (χ0v) is 19.1. The molecule has 2 aromatic heterocycles. The second-order valence-corrected chi connectivity index (χ2v) is 8.52. The summed E-state index contributed by atoms with van der Waals surface area (Å²) in [6.07, 6.45) is 23.5. The normalized spacial score (nSPS) is 19.4. The van der Waals surface area contributed by atoms with E-state index in [-0.39, 0.29) is 0 Å². The van der Waals surface area contributed by atoms with Crippen molar-refractivity contribution in [2.24, 2.45) is 20.0 Å². The zero-order chi connectivity index (χ0) is 23.9. The lowest BCUT2D eigenvalue weighted by Crippen LogP contribution is -2.01. The van der Waals surface area contributed by atoms with E-state index in [0.29, 0.717) is 0 Å². The third kappa shape index (κ3) is 3.71. The van der Waals surface area contributed by atoms with E-state index in [9.17, 15) is 0 Å². The van der Waals surface area contributed by atoms with Gasteiger partial charge in [0.05, 0.1) is 57.0 Å². The summed E-state index contributed by atoms with van der Waals surface area (Å²) in [5.74, 6) is 0. The van der Waals surface area contributed by atoms with Crippen LogP contribution in [-0.4, -0.2) is 32.8 Å². The maximum atomic E-state index is 5.07. The van der Waals surface area contributed by atoms with Crippen molar-refractivity contribution >= 4 is 34.0 Å². The fraction of sp³-hybridized carbons (Fsp3) is 0. The van der Waals surface area contributed by atoms with Gasteiger partial charge in [-0.25, -0.2) is 20.0 Å². The lowest BCUT2D eigenvalue weighted by molar-refractivity contribution is 1.26. The summed E-state index contributed by atoms with van der Waals surface area (Å²) in [4.78, 5) is 28.7. The minimum Gasteiger partial charge on any atom is -0.256 e. The van der Waals surface area contributed by atoms with Crippen molar-refractivity contribution in [3.63, 3.8) is 0 Å². The van der Waals surface area contributed by atoms with Crippen molar-refractivity contribution < 1.29 is 0 Å². The van der Waals surface area contributed by atoms with Crippen LogP contribution < -0.4 is 0 Å². The second kappa shape index (κ2) is 8.29. The van der Waals surface area contributed by atoms with Crippen LogP contribution in [0.15, 0.2) is 152 Å². The third-order valence-electron chi connectivity index (χ3n) is 6.06. The van der Waals surface area contributed by atoms with Crippen LogP contribution in [0.5, 0.6) is 0 Å². The van der Waals surface area contributed by atoms with Crippen molar-refractivity contribution in [1.29, 1.82) is 0 Å². The first kappa shape index (κ1) is 20.3. The van der Waals surface area contributed by atoms with Gasteiger partial charge in [0.1, 0.15) is 0 Å². The van der Waals surface area contributed by atoms with Crippen molar-refractivity contribution in [2.45, 2.75) is 0 Å². The van der Waals surface area contributed by atoms with Crippen LogP contribution in [-0.2, 0) is 0 Å². The van der Waals surface area contributed by atoms with Crippen LogP contribution in [0.25, 0.3) is 11.1 Å². The Morgan fingerprint density at radius 3 is 1.53 bits per heavy atom. The van der Waals surface area contributed by atoms with Gasteiger partial charge in [0.25, 0.3) is 0 Å². The maximum absolute atomic E-state index is 5.07. The predicted molar refractivity (Wildman–Crippen MR) is 145 cm³/mol. The number of rotatable bonds is 2. The van der Waals surface area contributed by atoms with Crippen molar-refractivity contribution in [3.8, 4) is 0 Å². The van der Waals surface area contributed by atoms with Crippen LogP contribution in [0.3, 0.4) is 0 Å². The molecule has 8 bridgehead atoms. The SMILES string of the molecule is C1=CC2=NC1=CC1=NC(=CC3=NC(=CC4=NC(=C2)C=C4)C(c2ccccn2)=C3c2ccccn2)C=C1. The molecule has 0 saturated carbocycles. The molecule has 0 saturated heterocycles. The largest absolute Gasteiger partial charge is 0.256 e. The van der Waals surface area contributed by atoms with Gasteiger partial charge in [-0.2, -0.15) is 0 Å². The molecule has 6 nitrogen and oxygen atoms in total. The Balaban J connectivity index is 1.49. The van der Waals surface area contributed by atoms with E-state index < -0.39 is 0 Å². The molecule has 0 radical (unpaired) electrons. The molecule has 6 heteroatoms. The third-order valence-corrected chi connectivity index (χ3v) is 6.06. The Bertz CT molecular complexity index is 1680. The fourth-order valence-electron chi connectivity index (χ4n) is 4.50. The Hall–Kier alpha value is -5.10. The van der Waals surface area contributed by atoms with Gasteiger partial charge in [0.15, 0.2) is 0 Å². The van der Waals surface area contributed by atoms with E-state index in [2.05, 4.69) is 15.0 Å². The summed E-state index contributed by atoms with van der Waals surface area (Å²) in [6, 6.07) is 11.8. The van der Waals surface area contributed by atoms with E-state index in [1.54, 1.807) is 12.4 Å². The molecule has 0 amide bonds. The molecule has 168 valence electrons. The quantitative estimate of drug-likeness (QED) is 0.597. The predicted octanol–water partition coefficient (Wildman–Crippen LogP) is 5.42. The highest BCUT2D eigenvalue weighted by molar-refractivity contribution is 6.39. The topological polar surface area (TPSA) is 75.2 Å². The molecule has 36 heavy (non-hydrogen) atoms. The molecule has 5 aliphatic rings. The smallest absolute Gasteiger partial charge is 0.0760 e. The molecule has 0 aliphatic carbocycles. The Morgan fingerprint density at radius 2 is 0.972 bits per heavy atom. The van der Waals surface area contributed by atoms with E-state index in [1.165, 1.54) is 0 Å². The molecule has 7 heterocycles. The maximum Gasteiger partial charge on any atom is 0.0760 e. The number of fused-ring (bicyclic) bond motifs is 4. The van der Waals surface area contributed by atoms with Crippen molar-refractivity contribution in [1.82, 2.24) is 9.97 Å². The number of aromatic nitrogens is 2. The van der Waals surface area contributed by atoms with Gasteiger partial charge in [0, 0.05) is 23.5 Å². The Morgan fingerprint density at radius 1 is 0.444 bits per heavy atom. The van der Waals surface area contributed by atoms with Gasteiger partial charge in [-0.05, 0) is 85.0 Å². The van der Waals surface area contributed by atoms with E-state index in [0.717, 1.165) is 68.2 Å². The first-order valence-electron chi connectivity index (χ1n) is 11.6. The molecule has 0 aromatic carbocycles. The highest BCUT2D eigenvalue weighted by Crippen LogP contribution is 2.39. The molecule has 0 N–H and O–H groups in total. The average Bonchev–Trinajstić information content (AvgIpc) is 3.70. The first-order valence-corrected chi connectivity index (χ1v) is 11.6. The first-order chi connectivity index (χ1) is 17.8. The summed E-state index contributed by atoms with van der Waals surface area (Å²) < 4.78 is 0. The minimum absolute atomic E-state index is 0.782. The summed E-state index contributed by atoms with van der Waals surface area (Å²) in [5, 5.41) is 0. The van der Waals surface area contributed by atoms with Gasteiger partial charge in [-0.1, -0.05) is 12.1 Å². The van der Waals surface area contributed by atoms with Crippen LogP contribution in [0.1, 0.15) is 11.4 Å². The summed E-state index contributed by atoms with van der Waals surface area (Å²) in [5.41, 5.74) is 10.1. The fourth-order valence-corrected chi connectivity index (χ4v) is 4.50. The molecule has 7 rings (SSSR count). The Labute approximate surface area is 207 Å². The lowest BCUT2D eigenvalue weighted by atomic mass is 9.96. The molecular formula is C30H18N6. The molecule has 2 aromatic rings. The average molecular weight is 463 g/mol. The molecule has 0 atom stereocenters. The van der Waals surface area contributed by atoms with E-state index in [4.69, 9.17) is 15.0 Å². The van der Waals surface area contributed by atoms with Gasteiger partial charge in [-0.15, -0.1) is 0 Å². The number of allylic oxidation sites excluding steroid dienone is 12. The Kier molecular flexibility index (Phi) is 4.67. The molecule has 0 spiro atoms. The van der Waals surface area contributed by atoms with Crippen LogP contribution in [0.2, 0.25) is 0 Å². The highest BCUT2D eigenvalue weighted by Gasteiger charge is 2.28. The second-order valence-electron chi connectivity index (χ2n) is 8.52. The standard InChI is InChI=1S/C30H18N6/c1-3-13-31-25(5-1)29-27-17-23-11-9-21(34-23)15-19-7-8-20(33-19)16-22-10-12-24(35-22)18-28(36-27)30(29)26-6-2-4-14-32-26/h1-18H. The van der Waals surface area contributed by atoms with E-state index >= 15 is 0 Å². The summed E-state index contributed by atoms with van der Waals surface area (Å²) in [6.45, 7) is 0. The molecule has 5 aliphatic heterocycles. The van der Waals surface area contributed by atoms with Crippen molar-refractivity contribution in [2.75, 3.05) is 0 Å². The van der Waals surface area contributed by atoms with Gasteiger partial charge < -0.3 is 0 Å². The van der Waals surface area contributed by atoms with Crippen molar-refractivity contribution in [3.05, 3.63) is 144 Å². The number of pyridine rings is 2. The monoisotopic (exact) mass is 462 g/mol. The number of aliphatic imine (C=N–C) groups is 4. The van der Waals surface area contributed by atoms with Gasteiger partial charge in [0.2, 0.25) is 0 Å². The summed E-state index contributed by atoms with van der Waals surface area (Å²) >= 11 is 0.